The molecule has 1 aromatic heterocycles. The number of thiophene rings is 1. The van der Waals surface area contributed by atoms with Gasteiger partial charge in [0.15, 0.2) is 0 Å². The Balaban J connectivity index is 2.23. The Bertz CT molecular complexity index is 544. The fourth-order valence-electron chi connectivity index (χ4n) is 1.65. The number of hydrogen-bond acceptors (Lipinski definition) is 3. The Morgan fingerprint density at radius 2 is 2.22 bits per heavy atom. The molecule has 0 amide bonds. The van der Waals surface area contributed by atoms with Gasteiger partial charge in [-0.2, -0.15) is 0 Å². The number of ether oxygens (including phenoxy) is 1. The largest absolute Gasteiger partial charge is 0.482 e. The van der Waals surface area contributed by atoms with Gasteiger partial charge in [-0.05, 0) is 58.1 Å². The van der Waals surface area contributed by atoms with E-state index < -0.39 is 0 Å². The second kappa shape index (κ2) is 5.82. The smallest absolute Gasteiger partial charge is 0.145 e. The maximum Gasteiger partial charge on any atom is 0.145 e. The average Bonchev–Trinajstić information content (AvgIpc) is 2.75. The van der Waals surface area contributed by atoms with Crippen molar-refractivity contribution in [3.05, 3.63) is 50.4 Å². The van der Waals surface area contributed by atoms with Crippen LogP contribution in [0, 0.1) is 12.7 Å². The van der Waals surface area contributed by atoms with E-state index in [1.54, 1.807) is 17.4 Å². The number of benzene rings is 1. The van der Waals surface area contributed by atoms with Crippen molar-refractivity contribution >= 4 is 27.3 Å². The summed E-state index contributed by atoms with van der Waals surface area (Å²) in [6.07, 6.45) is -0.202. The van der Waals surface area contributed by atoms with Crippen molar-refractivity contribution < 1.29 is 9.13 Å². The van der Waals surface area contributed by atoms with Crippen molar-refractivity contribution in [2.24, 2.45) is 5.73 Å². The molecule has 0 radical (unpaired) electrons. The molecule has 2 N–H and O–H groups in total. The molecule has 1 heterocycles. The normalized spacial score (nSPS) is 12.4. The van der Waals surface area contributed by atoms with Crippen LogP contribution in [0.4, 0.5) is 4.39 Å². The molecule has 0 bridgehead atoms. The minimum Gasteiger partial charge on any atom is -0.482 e. The maximum atomic E-state index is 13.0. The topological polar surface area (TPSA) is 35.2 Å². The van der Waals surface area contributed by atoms with E-state index >= 15 is 0 Å². The summed E-state index contributed by atoms with van der Waals surface area (Å²) >= 11 is 4.90. The van der Waals surface area contributed by atoms with Gasteiger partial charge in [-0.3, -0.25) is 0 Å². The third-order valence-corrected chi connectivity index (χ3v) is 4.30. The summed E-state index contributed by atoms with van der Waals surface area (Å²) in [7, 11) is 0. The van der Waals surface area contributed by atoms with Crippen molar-refractivity contribution in [2.45, 2.75) is 13.0 Å². The van der Waals surface area contributed by atoms with E-state index in [0.29, 0.717) is 16.8 Å². The Kier molecular flexibility index (Phi) is 4.37. The highest BCUT2D eigenvalue weighted by atomic mass is 79.9. The van der Waals surface area contributed by atoms with Crippen LogP contribution in [-0.4, -0.2) is 6.54 Å². The standard InChI is InChI=1S/C13H13BrFNOS/c1-8-4-5-18-13(8)12(7-16)17-11-3-2-9(15)6-10(11)14/h2-6,12H,7,16H2,1H3. The molecule has 1 atom stereocenters. The first-order valence-corrected chi connectivity index (χ1v) is 7.15. The van der Waals surface area contributed by atoms with Crippen LogP contribution >= 0.6 is 27.3 Å². The lowest BCUT2D eigenvalue weighted by atomic mass is 10.2. The van der Waals surface area contributed by atoms with Crippen LogP contribution < -0.4 is 10.5 Å². The van der Waals surface area contributed by atoms with Gasteiger partial charge in [0.1, 0.15) is 17.7 Å². The third-order valence-electron chi connectivity index (χ3n) is 2.57. The summed E-state index contributed by atoms with van der Waals surface area (Å²) in [5.74, 6) is 0.297. The summed E-state index contributed by atoms with van der Waals surface area (Å²) in [4.78, 5) is 1.11. The minimum absolute atomic E-state index is 0.202. The van der Waals surface area contributed by atoms with Gasteiger partial charge in [0.2, 0.25) is 0 Å². The number of hydrogen-bond donors (Lipinski definition) is 1. The number of aryl methyl sites for hydroxylation is 1. The quantitative estimate of drug-likeness (QED) is 0.918. The summed E-state index contributed by atoms with van der Waals surface area (Å²) < 4.78 is 19.4. The van der Waals surface area contributed by atoms with Crippen molar-refractivity contribution in [1.29, 1.82) is 0 Å². The molecule has 1 unspecified atom stereocenters. The SMILES string of the molecule is Cc1ccsc1C(CN)Oc1ccc(F)cc1Br. The molecule has 0 saturated heterocycles. The first-order chi connectivity index (χ1) is 8.61. The van der Waals surface area contributed by atoms with Gasteiger partial charge in [0.25, 0.3) is 0 Å². The molecule has 2 nitrogen and oxygen atoms in total. The van der Waals surface area contributed by atoms with Crippen LogP contribution in [0.25, 0.3) is 0 Å². The molecule has 18 heavy (non-hydrogen) atoms. The predicted molar refractivity (Wildman–Crippen MR) is 75.6 cm³/mol. The van der Waals surface area contributed by atoms with E-state index in [-0.39, 0.29) is 11.9 Å². The zero-order valence-corrected chi connectivity index (χ0v) is 12.2. The van der Waals surface area contributed by atoms with Crippen LogP contribution in [0.1, 0.15) is 16.5 Å². The lowest BCUT2D eigenvalue weighted by molar-refractivity contribution is 0.215. The molecule has 2 aromatic rings. The predicted octanol–water partition coefficient (Wildman–Crippen LogP) is 4.04. The van der Waals surface area contributed by atoms with E-state index in [4.69, 9.17) is 10.5 Å². The van der Waals surface area contributed by atoms with Gasteiger partial charge in [-0.25, -0.2) is 4.39 Å². The molecule has 0 spiro atoms. The van der Waals surface area contributed by atoms with Crippen LogP contribution in [0.15, 0.2) is 34.1 Å². The molecule has 5 heteroatoms. The monoisotopic (exact) mass is 329 g/mol. The van der Waals surface area contributed by atoms with Crippen LogP contribution in [0.2, 0.25) is 0 Å². The molecule has 0 saturated carbocycles. The fourth-order valence-corrected chi connectivity index (χ4v) is 3.06. The summed E-state index contributed by atoms with van der Waals surface area (Å²) in [6.45, 7) is 2.41. The van der Waals surface area contributed by atoms with Crippen LogP contribution in [0.3, 0.4) is 0 Å². The highest BCUT2D eigenvalue weighted by molar-refractivity contribution is 9.10. The molecular weight excluding hydrogens is 317 g/mol. The summed E-state index contributed by atoms with van der Waals surface area (Å²) in [5, 5.41) is 2.01. The Hall–Kier alpha value is -0.910. The Morgan fingerprint density at radius 3 is 2.78 bits per heavy atom. The zero-order valence-electron chi connectivity index (χ0n) is 9.82. The molecule has 0 fully saturated rings. The average molecular weight is 330 g/mol. The summed E-state index contributed by atoms with van der Waals surface area (Å²) in [5.41, 5.74) is 6.91. The van der Waals surface area contributed by atoms with E-state index in [9.17, 15) is 4.39 Å². The Labute approximate surface area is 118 Å². The maximum absolute atomic E-state index is 13.0. The molecule has 96 valence electrons. The second-order valence-electron chi connectivity index (χ2n) is 3.88. The molecule has 0 aliphatic rings. The third kappa shape index (κ3) is 2.91. The van der Waals surface area contributed by atoms with E-state index in [1.165, 1.54) is 12.1 Å². The van der Waals surface area contributed by atoms with Crippen molar-refractivity contribution in [3.63, 3.8) is 0 Å². The zero-order chi connectivity index (χ0) is 13.1. The minimum atomic E-state index is -0.300. The Morgan fingerprint density at radius 1 is 1.44 bits per heavy atom. The highest BCUT2D eigenvalue weighted by Gasteiger charge is 2.16. The molecule has 0 aliphatic carbocycles. The van der Waals surface area contributed by atoms with Crippen molar-refractivity contribution in [3.8, 4) is 5.75 Å². The molecule has 0 aliphatic heterocycles. The number of halogens is 2. The number of rotatable bonds is 4. The number of nitrogens with two attached hydrogens (primary N) is 1. The van der Waals surface area contributed by atoms with Crippen LogP contribution in [-0.2, 0) is 0 Å². The van der Waals surface area contributed by atoms with Gasteiger partial charge in [-0.15, -0.1) is 11.3 Å². The molecular formula is C13H13BrFNOS. The lowest BCUT2D eigenvalue weighted by Crippen LogP contribution is -2.18. The first-order valence-electron chi connectivity index (χ1n) is 5.47. The molecule has 2 rings (SSSR count). The van der Waals surface area contributed by atoms with Gasteiger partial charge in [0, 0.05) is 11.4 Å². The van der Waals surface area contributed by atoms with Gasteiger partial charge in [0.05, 0.1) is 4.47 Å². The lowest BCUT2D eigenvalue weighted by Gasteiger charge is -2.18. The van der Waals surface area contributed by atoms with Crippen LogP contribution in [0.5, 0.6) is 5.75 Å². The van der Waals surface area contributed by atoms with E-state index in [1.807, 2.05) is 18.4 Å². The van der Waals surface area contributed by atoms with E-state index in [2.05, 4.69) is 15.9 Å². The van der Waals surface area contributed by atoms with Gasteiger partial charge < -0.3 is 10.5 Å². The molecule has 1 aromatic carbocycles. The van der Waals surface area contributed by atoms with Crippen molar-refractivity contribution in [2.75, 3.05) is 6.54 Å². The first kappa shape index (κ1) is 13.5. The van der Waals surface area contributed by atoms with Gasteiger partial charge in [-0.1, -0.05) is 0 Å². The van der Waals surface area contributed by atoms with Gasteiger partial charge >= 0.3 is 0 Å². The fraction of sp³-hybridized carbons (Fsp3) is 0.231. The summed E-state index contributed by atoms with van der Waals surface area (Å²) in [6, 6.07) is 6.38. The second-order valence-corrected chi connectivity index (χ2v) is 5.69. The van der Waals surface area contributed by atoms with E-state index in [0.717, 1.165) is 10.4 Å². The highest BCUT2D eigenvalue weighted by Crippen LogP contribution is 2.32. The van der Waals surface area contributed by atoms with Crippen molar-refractivity contribution in [1.82, 2.24) is 0 Å².